The molecule has 4 nitrogen and oxygen atoms in total. The lowest BCUT2D eigenvalue weighted by Crippen LogP contribution is -2.01. The van der Waals surface area contributed by atoms with E-state index >= 15 is 0 Å². The summed E-state index contributed by atoms with van der Waals surface area (Å²) in [6.45, 7) is 0. The number of hydrogen-bond donors (Lipinski definition) is 1. The molecule has 9 heteroatoms. The number of halogens is 3. The third-order valence-electron chi connectivity index (χ3n) is 2.76. The molecule has 0 saturated carbocycles. The number of benzene rings is 1. The average Bonchev–Trinajstić information content (AvgIpc) is 2.51. The minimum absolute atomic E-state index is 0.0842. The number of hydrogen-bond acceptors (Lipinski definition) is 4. The lowest BCUT2D eigenvalue weighted by atomic mass is 10.2. The number of aromatic nitrogens is 1. The predicted octanol–water partition coefficient (Wildman–Crippen LogP) is 5.06. The highest BCUT2D eigenvalue weighted by Crippen LogP contribution is 2.50. The SMILES string of the molecule is O=P(O)(Oc1ccc(CSCc2ccncc2)cc1Br)C(F)F. The standard InChI is InChI=1S/C14H13BrF2NO3PS/c15-12-7-11(9-23-8-10-3-5-18-6-4-10)1-2-13(12)21-22(19,20)14(16)17/h1-7,14H,8-9H2,(H,19,20). The Labute approximate surface area is 144 Å². The molecule has 0 aliphatic heterocycles. The highest BCUT2D eigenvalue weighted by Gasteiger charge is 2.34. The number of rotatable bonds is 7. The molecule has 1 aromatic carbocycles. The molecular weight excluding hydrogens is 411 g/mol. The van der Waals surface area contributed by atoms with E-state index in [0.717, 1.165) is 16.9 Å². The smallest absolute Gasteiger partial charge is 0.420 e. The molecule has 1 aromatic heterocycles. The number of pyridine rings is 1. The van der Waals surface area contributed by atoms with Gasteiger partial charge in [-0.25, -0.2) is 4.57 Å². The van der Waals surface area contributed by atoms with Gasteiger partial charge in [0.1, 0.15) is 5.75 Å². The fraction of sp³-hybridized carbons (Fsp3) is 0.214. The van der Waals surface area contributed by atoms with Gasteiger partial charge >= 0.3 is 13.8 Å². The zero-order valence-corrected chi connectivity index (χ0v) is 15.0. The maximum Gasteiger partial charge on any atom is 0.442 e. The molecule has 0 saturated heterocycles. The van der Waals surface area contributed by atoms with E-state index in [2.05, 4.69) is 25.4 Å². The third kappa shape index (κ3) is 5.57. The van der Waals surface area contributed by atoms with E-state index in [1.165, 1.54) is 6.07 Å². The number of alkyl halides is 2. The molecule has 0 fully saturated rings. The van der Waals surface area contributed by atoms with Crippen molar-refractivity contribution < 1.29 is 22.8 Å². The first-order chi connectivity index (χ1) is 10.9. The second-order valence-electron chi connectivity index (χ2n) is 4.55. The second-order valence-corrected chi connectivity index (χ2v) is 8.09. The van der Waals surface area contributed by atoms with Gasteiger partial charge in [0.05, 0.1) is 4.47 Å². The highest BCUT2D eigenvalue weighted by atomic mass is 79.9. The Hall–Kier alpha value is -0.950. The van der Waals surface area contributed by atoms with Crippen LogP contribution in [0, 0.1) is 0 Å². The molecule has 1 heterocycles. The van der Waals surface area contributed by atoms with Crippen molar-refractivity contribution in [3.8, 4) is 5.75 Å². The average molecular weight is 424 g/mol. The van der Waals surface area contributed by atoms with Crippen LogP contribution in [0.15, 0.2) is 47.2 Å². The molecule has 0 aliphatic carbocycles. The van der Waals surface area contributed by atoms with Gasteiger partial charge in [0.15, 0.2) is 0 Å². The summed E-state index contributed by atoms with van der Waals surface area (Å²) in [6.07, 6.45) is 0.0221. The number of nitrogens with zero attached hydrogens (tertiary/aromatic N) is 1. The van der Waals surface area contributed by atoms with Crippen LogP contribution in [-0.2, 0) is 16.1 Å². The van der Waals surface area contributed by atoms with Gasteiger partial charge in [-0.3, -0.25) is 4.98 Å². The van der Waals surface area contributed by atoms with Gasteiger partial charge in [-0.1, -0.05) is 6.07 Å². The lowest BCUT2D eigenvalue weighted by molar-refractivity contribution is 0.188. The van der Waals surface area contributed by atoms with E-state index in [4.69, 9.17) is 4.89 Å². The van der Waals surface area contributed by atoms with E-state index in [0.29, 0.717) is 10.2 Å². The summed E-state index contributed by atoms with van der Waals surface area (Å²) in [5.74, 6) is 1.43. The summed E-state index contributed by atoms with van der Waals surface area (Å²) >= 11 is 4.84. The van der Waals surface area contributed by atoms with Crippen molar-refractivity contribution in [3.63, 3.8) is 0 Å². The van der Waals surface area contributed by atoms with Gasteiger partial charge in [-0.05, 0) is 51.3 Å². The zero-order valence-electron chi connectivity index (χ0n) is 11.7. The van der Waals surface area contributed by atoms with Crippen LogP contribution in [0.25, 0.3) is 0 Å². The van der Waals surface area contributed by atoms with Crippen LogP contribution in [0.1, 0.15) is 11.1 Å². The Morgan fingerprint density at radius 3 is 2.48 bits per heavy atom. The van der Waals surface area contributed by atoms with Gasteiger partial charge < -0.3 is 9.42 Å². The first-order valence-corrected chi connectivity index (χ1v) is 10.0. The van der Waals surface area contributed by atoms with E-state index < -0.39 is 13.8 Å². The molecule has 1 unspecified atom stereocenters. The van der Waals surface area contributed by atoms with Gasteiger partial charge in [-0.2, -0.15) is 20.5 Å². The molecule has 124 valence electrons. The summed E-state index contributed by atoms with van der Waals surface area (Å²) < 4.78 is 40.8. The van der Waals surface area contributed by atoms with Gasteiger partial charge in [0, 0.05) is 23.9 Å². The fourth-order valence-electron chi connectivity index (χ4n) is 1.65. The van der Waals surface area contributed by atoms with Crippen LogP contribution < -0.4 is 4.52 Å². The molecule has 0 spiro atoms. The summed E-state index contributed by atoms with van der Waals surface area (Å²) in [5.41, 5.74) is 2.09. The van der Waals surface area contributed by atoms with E-state index in [9.17, 15) is 13.3 Å². The summed E-state index contributed by atoms with van der Waals surface area (Å²) in [7, 11) is -4.96. The maximum atomic E-state index is 12.4. The molecule has 0 amide bonds. The van der Waals surface area contributed by atoms with Gasteiger partial charge in [-0.15, -0.1) is 0 Å². The molecule has 23 heavy (non-hydrogen) atoms. The number of thioether (sulfide) groups is 1. The van der Waals surface area contributed by atoms with Crippen molar-refractivity contribution in [3.05, 3.63) is 58.3 Å². The van der Waals surface area contributed by atoms with Crippen molar-refractivity contribution >= 4 is 35.3 Å². The Balaban J connectivity index is 1.95. The van der Waals surface area contributed by atoms with Crippen LogP contribution in [0.5, 0.6) is 5.75 Å². The lowest BCUT2D eigenvalue weighted by Gasteiger charge is -2.14. The van der Waals surface area contributed by atoms with Crippen molar-refractivity contribution in [2.45, 2.75) is 17.7 Å². The van der Waals surface area contributed by atoms with Crippen LogP contribution >= 0.6 is 35.3 Å². The topological polar surface area (TPSA) is 59.4 Å². The third-order valence-corrected chi connectivity index (χ3v) is 5.41. The summed E-state index contributed by atoms with van der Waals surface area (Å²) in [4.78, 5) is 13.0. The van der Waals surface area contributed by atoms with Crippen molar-refractivity contribution in [2.24, 2.45) is 0 Å². The van der Waals surface area contributed by atoms with Crippen molar-refractivity contribution in [1.29, 1.82) is 0 Å². The molecule has 1 atom stereocenters. The van der Waals surface area contributed by atoms with Crippen LogP contribution in [0.3, 0.4) is 0 Å². The van der Waals surface area contributed by atoms with Gasteiger partial charge in [0.2, 0.25) is 0 Å². The highest BCUT2D eigenvalue weighted by molar-refractivity contribution is 9.10. The minimum Gasteiger partial charge on any atom is -0.420 e. The quantitative estimate of drug-likeness (QED) is 0.630. The molecule has 1 N–H and O–H groups in total. The Bertz CT molecular complexity index is 706. The Morgan fingerprint density at radius 2 is 1.87 bits per heavy atom. The second kappa shape index (κ2) is 8.24. The molecule has 0 bridgehead atoms. The molecule has 0 aliphatic rings. The molecule has 2 aromatic rings. The summed E-state index contributed by atoms with van der Waals surface area (Å²) in [5, 5.41) is 0. The van der Waals surface area contributed by atoms with E-state index in [-0.39, 0.29) is 5.75 Å². The fourth-order valence-corrected chi connectivity index (χ4v) is 3.75. The zero-order chi connectivity index (χ0) is 16.9. The largest absolute Gasteiger partial charge is 0.442 e. The summed E-state index contributed by atoms with van der Waals surface area (Å²) in [6, 6.07) is 8.62. The predicted molar refractivity (Wildman–Crippen MR) is 89.8 cm³/mol. The molecule has 2 rings (SSSR count). The first kappa shape index (κ1) is 18.4. The normalized spacial score (nSPS) is 13.8. The van der Waals surface area contributed by atoms with E-state index in [1.54, 1.807) is 36.3 Å². The van der Waals surface area contributed by atoms with Crippen LogP contribution in [-0.4, -0.2) is 16.0 Å². The van der Waals surface area contributed by atoms with Gasteiger partial charge in [0.25, 0.3) is 0 Å². The van der Waals surface area contributed by atoms with E-state index in [1.807, 2.05) is 12.1 Å². The molecular formula is C14H13BrF2NO3PS. The van der Waals surface area contributed by atoms with Crippen LogP contribution in [0.4, 0.5) is 8.78 Å². The van der Waals surface area contributed by atoms with Crippen molar-refractivity contribution in [1.82, 2.24) is 4.98 Å². The minimum atomic E-state index is -4.96. The first-order valence-electron chi connectivity index (χ1n) is 6.44. The van der Waals surface area contributed by atoms with Crippen LogP contribution in [0.2, 0.25) is 0 Å². The monoisotopic (exact) mass is 423 g/mol. The molecule has 0 radical (unpaired) electrons. The Kier molecular flexibility index (Phi) is 6.59. The maximum absolute atomic E-state index is 12.4. The van der Waals surface area contributed by atoms with Crippen molar-refractivity contribution in [2.75, 3.05) is 0 Å². The Morgan fingerprint density at radius 1 is 1.22 bits per heavy atom.